The summed E-state index contributed by atoms with van der Waals surface area (Å²) in [4.78, 5) is 13.3. The molecule has 0 aromatic heterocycles. The zero-order valence-corrected chi connectivity index (χ0v) is 9.76. The number of likely N-dealkylation sites (N-methyl/N-ethyl adjacent to an activating group) is 1. The van der Waals surface area contributed by atoms with Crippen LogP contribution in [-0.2, 0) is 4.79 Å². The average Bonchev–Trinajstić information content (AvgIpc) is 2.03. The number of nitrogens with two attached hydrogens (primary N) is 1. The van der Waals surface area contributed by atoms with Crippen LogP contribution in [0.25, 0.3) is 0 Å². The van der Waals surface area contributed by atoms with Crippen LogP contribution in [0, 0.1) is 0 Å². The minimum absolute atomic E-state index is 0.266. The minimum atomic E-state index is -0.551. The molecule has 4 nitrogen and oxygen atoms in total. The van der Waals surface area contributed by atoms with Gasteiger partial charge in [-0.05, 0) is 47.0 Å². The summed E-state index contributed by atoms with van der Waals surface area (Å²) < 4.78 is 0. The molecular formula is C10H23N3O. The van der Waals surface area contributed by atoms with E-state index in [0.717, 1.165) is 25.9 Å². The average molecular weight is 201 g/mol. The Kier molecular flexibility index (Phi) is 5.72. The van der Waals surface area contributed by atoms with E-state index in [-0.39, 0.29) is 5.91 Å². The SMILES string of the molecule is CCNC(C)(CCCN(C)C)C(N)=O. The summed E-state index contributed by atoms with van der Waals surface area (Å²) in [6.45, 7) is 5.59. The number of primary amides is 1. The van der Waals surface area contributed by atoms with Gasteiger partial charge >= 0.3 is 0 Å². The number of hydrogen-bond acceptors (Lipinski definition) is 3. The van der Waals surface area contributed by atoms with Crippen LogP contribution in [0.1, 0.15) is 26.7 Å². The number of amides is 1. The highest BCUT2D eigenvalue weighted by atomic mass is 16.1. The topological polar surface area (TPSA) is 58.4 Å². The molecule has 0 rings (SSSR count). The summed E-state index contributed by atoms with van der Waals surface area (Å²) in [7, 11) is 4.05. The molecule has 0 aliphatic heterocycles. The fourth-order valence-electron chi connectivity index (χ4n) is 1.44. The maximum Gasteiger partial charge on any atom is 0.237 e. The first-order valence-corrected chi connectivity index (χ1v) is 5.12. The smallest absolute Gasteiger partial charge is 0.237 e. The molecule has 84 valence electrons. The maximum atomic E-state index is 11.2. The van der Waals surface area contributed by atoms with E-state index in [4.69, 9.17) is 5.73 Å². The lowest BCUT2D eigenvalue weighted by Crippen LogP contribution is -2.53. The fourth-order valence-corrected chi connectivity index (χ4v) is 1.44. The van der Waals surface area contributed by atoms with Crippen LogP contribution in [0.15, 0.2) is 0 Å². The summed E-state index contributed by atoms with van der Waals surface area (Å²) in [6.07, 6.45) is 1.76. The third-order valence-corrected chi connectivity index (χ3v) is 2.39. The number of rotatable bonds is 7. The molecule has 0 aliphatic carbocycles. The Balaban J connectivity index is 4.03. The van der Waals surface area contributed by atoms with E-state index in [2.05, 4.69) is 10.2 Å². The summed E-state index contributed by atoms with van der Waals surface area (Å²) in [6, 6.07) is 0. The number of carbonyl (C=O) groups excluding carboxylic acids is 1. The van der Waals surface area contributed by atoms with Crippen molar-refractivity contribution in [2.24, 2.45) is 5.73 Å². The predicted molar refractivity (Wildman–Crippen MR) is 59.1 cm³/mol. The van der Waals surface area contributed by atoms with Crippen molar-refractivity contribution in [1.82, 2.24) is 10.2 Å². The molecule has 0 saturated carbocycles. The molecule has 1 unspecified atom stereocenters. The largest absolute Gasteiger partial charge is 0.368 e. The number of nitrogens with zero attached hydrogens (tertiary/aromatic N) is 1. The van der Waals surface area contributed by atoms with E-state index in [0.29, 0.717) is 0 Å². The van der Waals surface area contributed by atoms with Crippen LogP contribution < -0.4 is 11.1 Å². The Morgan fingerprint density at radius 3 is 2.43 bits per heavy atom. The number of nitrogens with one attached hydrogen (secondary N) is 1. The Labute approximate surface area is 86.8 Å². The third kappa shape index (κ3) is 4.58. The Hall–Kier alpha value is -0.610. The highest BCUT2D eigenvalue weighted by molar-refractivity contribution is 5.84. The van der Waals surface area contributed by atoms with Gasteiger partial charge in [0.25, 0.3) is 0 Å². The minimum Gasteiger partial charge on any atom is -0.368 e. The molecule has 0 fully saturated rings. The normalized spacial score (nSPS) is 15.5. The van der Waals surface area contributed by atoms with E-state index < -0.39 is 5.54 Å². The summed E-state index contributed by atoms with van der Waals surface area (Å²) >= 11 is 0. The molecule has 14 heavy (non-hydrogen) atoms. The van der Waals surface area contributed by atoms with Crippen LogP contribution >= 0.6 is 0 Å². The molecule has 0 saturated heterocycles. The van der Waals surface area contributed by atoms with Crippen molar-refractivity contribution in [2.75, 3.05) is 27.2 Å². The lowest BCUT2D eigenvalue weighted by atomic mass is 9.95. The molecule has 0 radical (unpaired) electrons. The molecule has 0 aliphatic rings. The lowest BCUT2D eigenvalue weighted by Gasteiger charge is -2.27. The van der Waals surface area contributed by atoms with E-state index in [9.17, 15) is 4.79 Å². The van der Waals surface area contributed by atoms with E-state index in [1.807, 2.05) is 27.9 Å². The van der Waals surface area contributed by atoms with Gasteiger partial charge in [-0.3, -0.25) is 4.79 Å². The van der Waals surface area contributed by atoms with Gasteiger partial charge in [0.1, 0.15) is 0 Å². The predicted octanol–water partition coefficient (Wildman–Crippen LogP) is 0.182. The second kappa shape index (κ2) is 5.98. The molecular weight excluding hydrogens is 178 g/mol. The molecule has 1 amide bonds. The summed E-state index contributed by atoms with van der Waals surface area (Å²) in [5.74, 6) is -0.266. The van der Waals surface area contributed by atoms with Crippen molar-refractivity contribution in [3.63, 3.8) is 0 Å². The van der Waals surface area contributed by atoms with Gasteiger partial charge in [-0.2, -0.15) is 0 Å². The first kappa shape index (κ1) is 13.4. The van der Waals surface area contributed by atoms with E-state index in [1.165, 1.54) is 0 Å². The van der Waals surface area contributed by atoms with Gasteiger partial charge in [-0.25, -0.2) is 0 Å². The Bertz CT molecular complexity index is 182. The molecule has 0 aromatic carbocycles. The van der Waals surface area contributed by atoms with Crippen LogP contribution in [0.3, 0.4) is 0 Å². The highest BCUT2D eigenvalue weighted by Gasteiger charge is 2.28. The molecule has 1 atom stereocenters. The Morgan fingerprint density at radius 1 is 1.50 bits per heavy atom. The van der Waals surface area contributed by atoms with Gasteiger partial charge in [-0.1, -0.05) is 6.92 Å². The van der Waals surface area contributed by atoms with Crippen molar-refractivity contribution in [2.45, 2.75) is 32.2 Å². The third-order valence-electron chi connectivity index (χ3n) is 2.39. The standard InChI is InChI=1S/C10H23N3O/c1-5-12-10(2,9(11)14)7-6-8-13(3)4/h12H,5-8H2,1-4H3,(H2,11,14). The van der Waals surface area contributed by atoms with Gasteiger partial charge in [0.05, 0.1) is 5.54 Å². The number of hydrogen-bond donors (Lipinski definition) is 2. The second-order valence-electron chi connectivity index (χ2n) is 4.13. The van der Waals surface area contributed by atoms with Crippen LogP contribution in [0.4, 0.5) is 0 Å². The van der Waals surface area contributed by atoms with Crippen LogP contribution in [0.2, 0.25) is 0 Å². The zero-order chi connectivity index (χ0) is 11.2. The number of carbonyl (C=O) groups is 1. The molecule has 3 N–H and O–H groups in total. The fraction of sp³-hybridized carbons (Fsp3) is 0.900. The van der Waals surface area contributed by atoms with Gasteiger partial charge in [-0.15, -0.1) is 0 Å². The first-order chi connectivity index (χ1) is 6.42. The second-order valence-corrected chi connectivity index (χ2v) is 4.13. The highest BCUT2D eigenvalue weighted by Crippen LogP contribution is 2.11. The maximum absolute atomic E-state index is 11.2. The molecule has 0 bridgehead atoms. The van der Waals surface area contributed by atoms with Crippen LogP contribution in [-0.4, -0.2) is 43.5 Å². The van der Waals surface area contributed by atoms with Crippen molar-refractivity contribution in [1.29, 1.82) is 0 Å². The summed E-state index contributed by atoms with van der Waals surface area (Å²) in [5, 5.41) is 3.14. The van der Waals surface area contributed by atoms with Gasteiger partial charge in [0.2, 0.25) is 5.91 Å². The van der Waals surface area contributed by atoms with Gasteiger partial charge in [0.15, 0.2) is 0 Å². The zero-order valence-electron chi connectivity index (χ0n) is 9.76. The van der Waals surface area contributed by atoms with Crippen LogP contribution in [0.5, 0.6) is 0 Å². The monoisotopic (exact) mass is 201 g/mol. The lowest BCUT2D eigenvalue weighted by molar-refractivity contribution is -0.124. The quantitative estimate of drug-likeness (QED) is 0.618. The summed E-state index contributed by atoms with van der Waals surface area (Å²) in [5.41, 5.74) is 4.81. The van der Waals surface area contributed by atoms with Gasteiger partial charge in [0, 0.05) is 0 Å². The molecule has 4 heteroatoms. The van der Waals surface area contributed by atoms with Gasteiger partial charge < -0.3 is 16.0 Å². The molecule has 0 spiro atoms. The van der Waals surface area contributed by atoms with E-state index >= 15 is 0 Å². The van der Waals surface area contributed by atoms with Crippen molar-refractivity contribution >= 4 is 5.91 Å². The van der Waals surface area contributed by atoms with Crippen molar-refractivity contribution in [3.05, 3.63) is 0 Å². The van der Waals surface area contributed by atoms with E-state index in [1.54, 1.807) is 0 Å². The first-order valence-electron chi connectivity index (χ1n) is 5.12. The molecule has 0 aromatic rings. The van der Waals surface area contributed by atoms with Crippen molar-refractivity contribution < 1.29 is 4.79 Å². The Morgan fingerprint density at radius 2 is 2.07 bits per heavy atom. The van der Waals surface area contributed by atoms with Crippen molar-refractivity contribution in [3.8, 4) is 0 Å². The molecule has 0 heterocycles.